The second-order valence-corrected chi connectivity index (χ2v) is 7.28. The Morgan fingerprint density at radius 2 is 2.00 bits per heavy atom. The SMILES string of the molecule is CC1Cc2c(c(Cl)cc(Cl)c2-n2nc(C(C)(C)C)oc2=O)O1. The fraction of sp³-hybridized carbons (Fsp3) is 0.467. The molecule has 0 spiro atoms. The molecule has 1 aliphatic heterocycles. The fourth-order valence-corrected chi connectivity index (χ4v) is 3.07. The van der Waals surface area contributed by atoms with Crippen LogP contribution in [0.3, 0.4) is 0 Å². The lowest BCUT2D eigenvalue weighted by atomic mass is 9.97. The first-order valence-corrected chi connectivity index (χ1v) is 7.72. The maximum absolute atomic E-state index is 12.2. The first-order valence-electron chi connectivity index (χ1n) is 6.97. The lowest BCUT2D eigenvalue weighted by molar-refractivity contribution is 0.255. The third-order valence-electron chi connectivity index (χ3n) is 3.47. The van der Waals surface area contributed by atoms with Crippen molar-refractivity contribution >= 4 is 23.2 Å². The zero-order valence-corrected chi connectivity index (χ0v) is 14.2. The summed E-state index contributed by atoms with van der Waals surface area (Å²) < 4.78 is 12.2. The summed E-state index contributed by atoms with van der Waals surface area (Å²) in [5.41, 5.74) is 0.881. The van der Waals surface area contributed by atoms with Gasteiger partial charge < -0.3 is 9.15 Å². The summed E-state index contributed by atoms with van der Waals surface area (Å²) in [4.78, 5) is 12.2. The minimum atomic E-state index is -0.573. The van der Waals surface area contributed by atoms with Crippen molar-refractivity contribution in [2.45, 2.75) is 45.6 Å². The number of rotatable bonds is 1. The lowest BCUT2D eigenvalue weighted by Gasteiger charge is -2.12. The van der Waals surface area contributed by atoms with Crippen LogP contribution in [0.5, 0.6) is 5.75 Å². The van der Waals surface area contributed by atoms with Gasteiger partial charge in [-0.15, -0.1) is 5.10 Å². The van der Waals surface area contributed by atoms with Crippen LogP contribution in [0.15, 0.2) is 15.3 Å². The van der Waals surface area contributed by atoms with Crippen molar-refractivity contribution in [3.63, 3.8) is 0 Å². The van der Waals surface area contributed by atoms with Gasteiger partial charge in [-0.1, -0.05) is 44.0 Å². The van der Waals surface area contributed by atoms with Gasteiger partial charge in [0.15, 0.2) is 0 Å². The Hall–Kier alpha value is -1.46. The van der Waals surface area contributed by atoms with Gasteiger partial charge >= 0.3 is 5.76 Å². The molecule has 0 N–H and O–H groups in total. The molecule has 1 aromatic heterocycles. The molecule has 118 valence electrons. The summed E-state index contributed by atoms with van der Waals surface area (Å²) in [5, 5.41) is 5.07. The van der Waals surface area contributed by atoms with Crippen molar-refractivity contribution in [1.82, 2.24) is 9.78 Å². The topological polar surface area (TPSA) is 57.3 Å². The molecule has 0 bridgehead atoms. The summed E-state index contributed by atoms with van der Waals surface area (Å²) in [6, 6.07) is 1.56. The van der Waals surface area contributed by atoms with Gasteiger partial charge in [0.05, 0.1) is 15.7 Å². The highest BCUT2D eigenvalue weighted by atomic mass is 35.5. The predicted molar refractivity (Wildman–Crippen MR) is 84.6 cm³/mol. The van der Waals surface area contributed by atoms with Crippen LogP contribution >= 0.6 is 23.2 Å². The standard InChI is InChI=1S/C15H16Cl2N2O3/c1-7-5-8-11(9(16)6-10(17)12(8)21-7)19-14(20)22-13(18-19)15(2,3)4/h6-7H,5H2,1-4H3. The Labute approximate surface area is 137 Å². The van der Waals surface area contributed by atoms with Crippen molar-refractivity contribution in [2.24, 2.45) is 0 Å². The van der Waals surface area contributed by atoms with E-state index in [0.717, 1.165) is 5.56 Å². The molecule has 3 rings (SSSR count). The van der Waals surface area contributed by atoms with Gasteiger partial charge in [-0.2, -0.15) is 4.68 Å². The monoisotopic (exact) mass is 342 g/mol. The van der Waals surface area contributed by atoms with E-state index < -0.39 is 5.76 Å². The number of hydrogen-bond acceptors (Lipinski definition) is 4. The Morgan fingerprint density at radius 1 is 1.32 bits per heavy atom. The van der Waals surface area contributed by atoms with Crippen molar-refractivity contribution in [2.75, 3.05) is 0 Å². The van der Waals surface area contributed by atoms with Crippen molar-refractivity contribution < 1.29 is 9.15 Å². The van der Waals surface area contributed by atoms with E-state index in [1.165, 1.54) is 4.68 Å². The predicted octanol–water partition coefficient (Wildman–Crippen LogP) is 3.75. The fourth-order valence-electron chi connectivity index (χ4n) is 2.44. The molecule has 0 saturated carbocycles. The molecule has 1 unspecified atom stereocenters. The zero-order valence-electron chi connectivity index (χ0n) is 12.7. The Morgan fingerprint density at radius 3 is 2.59 bits per heavy atom. The summed E-state index contributed by atoms with van der Waals surface area (Å²) in [6.07, 6.45) is 0.573. The summed E-state index contributed by atoms with van der Waals surface area (Å²) >= 11 is 12.5. The quantitative estimate of drug-likeness (QED) is 0.791. The molecular formula is C15H16Cl2N2O3. The third-order valence-corrected chi connectivity index (χ3v) is 4.04. The smallest absolute Gasteiger partial charge is 0.442 e. The van der Waals surface area contributed by atoms with Gasteiger partial charge in [0, 0.05) is 17.4 Å². The average Bonchev–Trinajstić information content (AvgIpc) is 2.93. The maximum atomic E-state index is 12.2. The second kappa shape index (κ2) is 5.03. The number of fused-ring (bicyclic) bond motifs is 1. The minimum absolute atomic E-state index is 0.0330. The van der Waals surface area contributed by atoms with E-state index in [1.54, 1.807) is 6.07 Å². The number of halogens is 2. The van der Waals surface area contributed by atoms with Gasteiger partial charge in [0.25, 0.3) is 0 Å². The molecule has 0 radical (unpaired) electrons. The molecule has 1 atom stereocenters. The maximum Gasteiger partial charge on any atom is 0.442 e. The van der Waals surface area contributed by atoms with E-state index in [-0.39, 0.29) is 11.5 Å². The second-order valence-electron chi connectivity index (χ2n) is 6.46. The van der Waals surface area contributed by atoms with Crippen LogP contribution in [-0.4, -0.2) is 15.9 Å². The lowest BCUT2D eigenvalue weighted by Crippen LogP contribution is -2.16. The van der Waals surface area contributed by atoms with Crippen LogP contribution in [-0.2, 0) is 11.8 Å². The summed E-state index contributed by atoms with van der Waals surface area (Å²) in [6.45, 7) is 7.69. The number of nitrogens with zero attached hydrogens (tertiary/aromatic N) is 2. The molecule has 1 aliphatic rings. The molecule has 1 aromatic carbocycles. The Bertz CT molecular complexity index is 802. The molecule has 0 fully saturated rings. The average molecular weight is 343 g/mol. The molecular weight excluding hydrogens is 327 g/mol. The molecule has 2 heterocycles. The molecule has 0 saturated heterocycles. The molecule has 2 aromatic rings. The third kappa shape index (κ3) is 2.42. The first kappa shape index (κ1) is 15.4. The van der Waals surface area contributed by atoms with Crippen LogP contribution in [0.1, 0.15) is 39.1 Å². The molecule has 0 aliphatic carbocycles. The van der Waals surface area contributed by atoms with Gasteiger partial charge in [-0.25, -0.2) is 4.79 Å². The number of ether oxygens (including phenoxy) is 1. The van der Waals surface area contributed by atoms with Gasteiger partial charge in [0.2, 0.25) is 5.89 Å². The molecule has 7 heteroatoms. The van der Waals surface area contributed by atoms with Crippen LogP contribution in [0.4, 0.5) is 0 Å². The number of aromatic nitrogens is 2. The van der Waals surface area contributed by atoms with E-state index in [1.807, 2.05) is 27.7 Å². The van der Waals surface area contributed by atoms with Crippen molar-refractivity contribution in [3.8, 4) is 11.4 Å². The van der Waals surface area contributed by atoms with Crippen LogP contribution < -0.4 is 10.5 Å². The Kier molecular flexibility index (Phi) is 3.53. The van der Waals surface area contributed by atoms with Gasteiger partial charge in [0.1, 0.15) is 11.9 Å². The van der Waals surface area contributed by atoms with Crippen molar-refractivity contribution in [3.05, 3.63) is 38.1 Å². The van der Waals surface area contributed by atoms with E-state index >= 15 is 0 Å². The minimum Gasteiger partial charge on any atom is -0.488 e. The van der Waals surface area contributed by atoms with E-state index in [4.69, 9.17) is 32.4 Å². The van der Waals surface area contributed by atoms with Crippen LogP contribution in [0.25, 0.3) is 5.69 Å². The van der Waals surface area contributed by atoms with Gasteiger partial charge in [-0.05, 0) is 13.0 Å². The summed E-state index contributed by atoms with van der Waals surface area (Å²) in [7, 11) is 0. The first-order chi connectivity index (χ1) is 10.2. The molecule has 5 nitrogen and oxygen atoms in total. The highest BCUT2D eigenvalue weighted by Gasteiger charge is 2.31. The highest BCUT2D eigenvalue weighted by molar-refractivity contribution is 6.37. The van der Waals surface area contributed by atoms with E-state index in [9.17, 15) is 4.79 Å². The highest BCUT2D eigenvalue weighted by Crippen LogP contribution is 2.42. The number of benzene rings is 1. The Balaban J connectivity index is 2.25. The van der Waals surface area contributed by atoms with Crippen LogP contribution in [0, 0.1) is 0 Å². The van der Waals surface area contributed by atoms with Crippen molar-refractivity contribution in [1.29, 1.82) is 0 Å². The number of hydrogen-bond donors (Lipinski definition) is 0. The van der Waals surface area contributed by atoms with E-state index in [2.05, 4.69) is 5.10 Å². The summed E-state index contributed by atoms with van der Waals surface area (Å²) in [5.74, 6) is 0.334. The zero-order chi connectivity index (χ0) is 16.2. The van der Waals surface area contributed by atoms with Gasteiger partial charge in [-0.3, -0.25) is 0 Å². The van der Waals surface area contributed by atoms with Crippen LogP contribution in [0.2, 0.25) is 10.0 Å². The normalized spacial score (nSPS) is 17.5. The molecule has 22 heavy (non-hydrogen) atoms. The molecule has 0 amide bonds. The largest absolute Gasteiger partial charge is 0.488 e. The van der Waals surface area contributed by atoms with E-state index in [0.29, 0.717) is 33.8 Å².